The molecule has 1 atom stereocenters. The standard InChI is InChI=1S/C32H35N3O4/c1-21(22-6-3-2-4-7-22)38-32(36)34-24-12-10-23(11-13-24)31-30(33)28-15-14-27(39-26-16-18-37-19-17-26)20-29(28)35(31)25-8-5-9-25/h2-4,6-7,10-15,20-21,25-26H,5,8-9,16-19,33H2,1H3,(H,34,36)/t21-/m1/s1. The van der Waals surface area contributed by atoms with Crippen LogP contribution in [0.3, 0.4) is 0 Å². The van der Waals surface area contributed by atoms with Gasteiger partial charge in [-0.3, -0.25) is 5.32 Å². The molecular weight excluding hydrogens is 490 g/mol. The van der Waals surface area contributed by atoms with Gasteiger partial charge in [0.15, 0.2) is 0 Å². The zero-order valence-electron chi connectivity index (χ0n) is 22.3. The summed E-state index contributed by atoms with van der Waals surface area (Å²) >= 11 is 0. The van der Waals surface area contributed by atoms with Crippen molar-refractivity contribution in [1.29, 1.82) is 0 Å². The van der Waals surface area contributed by atoms with E-state index >= 15 is 0 Å². The Labute approximate surface area is 228 Å². The van der Waals surface area contributed by atoms with E-state index in [0.717, 1.165) is 78.1 Å². The molecule has 1 saturated carbocycles. The van der Waals surface area contributed by atoms with E-state index in [0.29, 0.717) is 11.7 Å². The van der Waals surface area contributed by atoms with Crippen LogP contribution in [0.25, 0.3) is 22.2 Å². The molecule has 3 aromatic carbocycles. The summed E-state index contributed by atoms with van der Waals surface area (Å²) in [7, 11) is 0. The summed E-state index contributed by atoms with van der Waals surface area (Å²) in [5.74, 6) is 0.877. The van der Waals surface area contributed by atoms with Crippen molar-refractivity contribution < 1.29 is 19.0 Å². The van der Waals surface area contributed by atoms with Crippen molar-refractivity contribution in [1.82, 2.24) is 4.57 Å². The molecule has 2 fully saturated rings. The van der Waals surface area contributed by atoms with E-state index in [1.54, 1.807) is 0 Å². The Morgan fingerprint density at radius 1 is 1.00 bits per heavy atom. The van der Waals surface area contributed by atoms with Gasteiger partial charge in [0.2, 0.25) is 0 Å². The van der Waals surface area contributed by atoms with Crippen molar-refractivity contribution in [2.24, 2.45) is 0 Å². The van der Waals surface area contributed by atoms with Crippen LogP contribution in [0.1, 0.15) is 56.7 Å². The van der Waals surface area contributed by atoms with Gasteiger partial charge in [0.05, 0.1) is 30.1 Å². The number of nitrogen functional groups attached to an aromatic ring is 1. The predicted molar refractivity (Wildman–Crippen MR) is 154 cm³/mol. The molecule has 3 N–H and O–H groups in total. The Balaban J connectivity index is 1.24. The van der Waals surface area contributed by atoms with Crippen LogP contribution in [0, 0.1) is 0 Å². The number of aromatic nitrogens is 1. The van der Waals surface area contributed by atoms with E-state index in [2.05, 4.69) is 22.0 Å². The third-order valence-corrected chi connectivity index (χ3v) is 7.88. The third-order valence-electron chi connectivity index (χ3n) is 7.88. The molecule has 7 heteroatoms. The predicted octanol–water partition coefficient (Wildman–Crippen LogP) is 7.48. The molecule has 2 aliphatic rings. The first kappa shape index (κ1) is 25.3. The summed E-state index contributed by atoms with van der Waals surface area (Å²) in [6.07, 6.45) is 4.65. The summed E-state index contributed by atoms with van der Waals surface area (Å²) in [6.45, 7) is 3.36. The monoisotopic (exact) mass is 525 g/mol. The fourth-order valence-corrected chi connectivity index (χ4v) is 5.51. The highest BCUT2D eigenvalue weighted by molar-refractivity contribution is 6.01. The zero-order valence-corrected chi connectivity index (χ0v) is 22.3. The molecule has 7 nitrogen and oxygen atoms in total. The normalized spacial score (nSPS) is 16.9. The lowest BCUT2D eigenvalue weighted by Crippen LogP contribution is -2.25. The van der Waals surface area contributed by atoms with E-state index < -0.39 is 6.09 Å². The van der Waals surface area contributed by atoms with Gasteiger partial charge in [0.1, 0.15) is 18.0 Å². The van der Waals surface area contributed by atoms with E-state index in [1.165, 1.54) is 6.42 Å². The number of hydrogen-bond acceptors (Lipinski definition) is 5. The van der Waals surface area contributed by atoms with Crippen molar-refractivity contribution >= 4 is 28.4 Å². The first-order valence-electron chi connectivity index (χ1n) is 13.9. The van der Waals surface area contributed by atoms with Gasteiger partial charge in [-0.05, 0) is 56.0 Å². The van der Waals surface area contributed by atoms with Crippen LogP contribution < -0.4 is 15.8 Å². The molecule has 1 aliphatic carbocycles. The van der Waals surface area contributed by atoms with Gasteiger partial charge < -0.3 is 24.5 Å². The molecule has 202 valence electrons. The molecule has 6 rings (SSSR count). The number of hydrogen-bond donors (Lipinski definition) is 2. The number of carbonyl (C=O) groups is 1. The highest BCUT2D eigenvalue weighted by atomic mass is 16.6. The lowest BCUT2D eigenvalue weighted by atomic mass is 9.92. The zero-order chi connectivity index (χ0) is 26.8. The number of nitrogens with two attached hydrogens (primary N) is 1. The van der Waals surface area contributed by atoms with Gasteiger partial charge >= 0.3 is 6.09 Å². The fourth-order valence-electron chi connectivity index (χ4n) is 5.51. The van der Waals surface area contributed by atoms with Gasteiger partial charge in [0.25, 0.3) is 0 Å². The quantitative estimate of drug-likeness (QED) is 0.261. The molecule has 39 heavy (non-hydrogen) atoms. The molecule has 0 bridgehead atoms. The number of amides is 1. The average molecular weight is 526 g/mol. The molecule has 4 aromatic rings. The highest BCUT2D eigenvalue weighted by Crippen LogP contribution is 2.45. The van der Waals surface area contributed by atoms with Crippen molar-refractivity contribution in [3.8, 4) is 17.0 Å². The minimum Gasteiger partial charge on any atom is -0.490 e. The molecule has 1 saturated heterocycles. The molecule has 0 radical (unpaired) electrons. The lowest BCUT2D eigenvalue weighted by Gasteiger charge is -2.30. The molecule has 2 heterocycles. The topological polar surface area (TPSA) is 87.7 Å². The minimum atomic E-state index is -0.487. The van der Waals surface area contributed by atoms with Crippen LogP contribution in [0.15, 0.2) is 72.8 Å². The van der Waals surface area contributed by atoms with Crippen molar-refractivity contribution in [2.75, 3.05) is 24.3 Å². The molecule has 0 unspecified atom stereocenters. The average Bonchev–Trinajstić information content (AvgIpc) is 3.20. The molecule has 0 spiro atoms. The third kappa shape index (κ3) is 5.32. The van der Waals surface area contributed by atoms with Crippen LogP contribution >= 0.6 is 0 Å². The molecular formula is C32H35N3O4. The number of ether oxygens (including phenoxy) is 3. The number of benzene rings is 3. The summed E-state index contributed by atoms with van der Waals surface area (Å²) in [5.41, 5.74) is 12.3. The second kappa shape index (κ2) is 11.0. The summed E-state index contributed by atoms with van der Waals surface area (Å²) in [6, 6.07) is 24.2. The van der Waals surface area contributed by atoms with Crippen molar-refractivity contribution in [3.05, 3.63) is 78.4 Å². The maximum atomic E-state index is 12.5. The van der Waals surface area contributed by atoms with Crippen LogP contribution in [0.4, 0.5) is 16.2 Å². The second-order valence-electron chi connectivity index (χ2n) is 10.5. The van der Waals surface area contributed by atoms with Crippen LogP contribution in [-0.4, -0.2) is 30.0 Å². The molecule has 1 aliphatic heterocycles. The number of anilines is 2. The lowest BCUT2D eigenvalue weighted by molar-refractivity contribution is 0.0256. The summed E-state index contributed by atoms with van der Waals surface area (Å²) < 4.78 is 19.8. The number of nitrogens with one attached hydrogen (secondary N) is 1. The minimum absolute atomic E-state index is 0.183. The first-order valence-corrected chi connectivity index (χ1v) is 13.9. The maximum Gasteiger partial charge on any atom is 0.412 e. The number of fused-ring (bicyclic) bond motifs is 1. The second-order valence-corrected chi connectivity index (χ2v) is 10.5. The van der Waals surface area contributed by atoms with E-state index in [-0.39, 0.29) is 12.2 Å². The number of rotatable bonds is 7. The van der Waals surface area contributed by atoms with Crippen LogP contribution in [0.2, 0.25) is 0 Å². The Bertz CT molecular complexity index is 1440. The van der Waals surface area contributed by atoms with Gasteiger partial charge in [-0.2, -0.15) is 0 Å². The van der Waals surface area contributed by atoms with Gasteiger partial charge in [0, 0.05) is 41.6 Å². The molecule has 1 amide bonds. The largest absolute Gasteiger partial charge is 0.490 e. The number of nitrogens with zero attached hydrogens (tertiary/aromatic N) is 1. The maximum absolute atomic E-state index is 12.5. The van der Waals surface area contributed by atoms with Crippen LogP contribution in [-0.2, 0) is 9.47 Å². The van der Waals surface area contributed by atoms with Gasteiger partial charge in [-0.1, -0.05) is 42.5 Å². The Kier molecular flexibility index (Phi) is 7.16. The summed E-state index contributed by atoms with van der Waals surface area (Å²) in [4.78, 5) is 12.5. The van der Waals surface area contributed by atoms with E-state index in [1.807, 2.05) is 67.6 Å². The van der Waals surface area contributed by atoms with E-state index in [4.69, 9.17) is 19.9 Å². The van der Waals surface area contributed by atoms with Gasteiger partial charge in [-0.25, -0.2) is 4.79 Å². The smallest absolute Gasteiger partial charge is 0.412 e. The van der Waals surface area contributed by atoms with Crippen LogP contribution in [0.5, 0.6) is 5.75 Å². The highest BCUT2D eigenvalue weighted by Gasteiger charge is 2.27. The molecule has 1 aromatic heterocycles. The SMILES string of the molecule is C[C@@H](OC(=O)Nc1ccc(-c2c(N)c3ccc(OC4CCOCC4)cc3n2C2CCC2)cc1)c1ccccc1. The number of carbonyl (C=O) groups excluding carboxylic acids is 1. The van der Waals surface area contributed by atoms with Crippen molar-refractivity contribution in [2.45, 2.75) is 57.3 Å². The fraction of sp³-hybridized carbons (Fsp3) is 0.344. The van der Waals surface area contributed by atoms with E-state index in [9.17, 15) is 4.79 Å². The Hall–Kier alpha value is -3.97. The first-order chi connectivity index (χ1) is 19.1. The summed E-state index contributed by atoms with van der Waals surface area (Å²) in [5, 5.41) is 3.88. The van der Waals surface area contributed by atoms with Gasteiger partial charge in [-0.15, -0.1) is 0 Å². The Morgan fingerprint density at radius 2 is 1.74 bits per heavy atom. The Morgan fingerprint density at radius 3 is 2.44 bits per heavy atom. The van der Waals surface area contributed by atoms with Crippen molar-refractivity contribution in [3.63, 3.8) is 0 Å².